The van der Waals surface area contributed by atoms with Crippen LogP contribution in [0.1, 0.15) is 5.56 Å². The zero-order chi connectivity index (χ0) is 18.4. The van der Waals surface area contributed by atoms with Crippen LogP contribution in [0.25, 0.3) is 11.1 Å². The van der Waals surface area contributed by atoms with Crippen molar-refractivity contribution in [3.05, 3.63) is 84.2 Å². The van der Waals surface area contributed by atoms with Crippen molar-refractivity contribution < 1.29 is 13.6 Å². The SMILES string of the molecule is O=C(CSCc1cccnc1)Nc1c(F)cc(F)cc1-c1ccccc1. The average Bonchev–Trinajstić information content (AvgIpc) is 2.65. The zero-order valence-corrected chi connectivity index (χ0v) is 14.6. The number of benzene rings is 2. The van der Waals surface area contributed by atoms with Gasteiger partial charge in [-0.2, -0.15) is 0 Å². The second kappa shape index (κ2) is 8.58. The van der Waals surface area contributed by atoms with Gasteiger partial charge < -0.3 is 5.32 Å². The van der Waals surface area contributed by atoms with E-state index in [1.807, 2.05) is 18.2 Å². The first-order chi connectivity index (χ1) is 12.6. The van der Waals surface area contributed by atoms with E-state index in [0.29, 0.717) is 16.9 Å². The van der Waals surface area contributed by atoms with E-state index in [9.17, 15) is 13.6 Å². The van der Waals surface area contributed by atoms with Gasteiger partial charge in [-0.1, -0.05) is 36.4 Å². The molecule has 1 heterocycles. The summed E-state index contributed by atoms with van der Waals surface area (Å²) in [6.45, 7) is 0. The molecule has 0 atom stereocenters. The van der Waals surface area contributed by atoms with Gasteiger partial charge in [0.15, 0.2) is 0 Å². The van der Waals surface area contributed by atoms with Crippen LogP contribution in [0.5, 0.6) is 0 Å². The van der Waals surface area contributed by atoms with Gasteiger partial charge in [-0.3, -0.25) is 9.78 Å². The molecule has 0 bridgehead atoms. The molecule has 3 rings (SSSR count). The Labute approximate surface area is 154 Å². The zero-order valence-electron chi connectivity index (χ0n) is 13.8. The Morgan fingerprint density at radius 1 is 1.08 bits per heavy atom. The smallest absolute Gasteiger partial charge is 0.234 e. The van der Waals surface area contributed by atoms with Crippen LogP contribution >= 0.6 is 11.8 Å². The van der Waals surface area contributed by atoms with E-state index in [0.717, 1.165) is 11.6 Å². The first-order valence-corrected chi connectivity index (χ1v) is 9.10. The van der Waals surface area contributed by atoms with Crippen LogP contribution in [0, 0.1) is 11.6 Å². The summed E-state index contributed by atoms with van der Waals surface area (Å²) in [6, 6.07) is 14.6. The van der Waals surface area contributed by atoms with Gasteiger partial charge in [0, 0.05) is 29.8 Å². The highest BCUT2D eigenvalue weighted by Crippen LogP contribution is 2.31. The monoisotopic (exact) mass is 370 g/mol. The normalized spacial score (nSPS) is 10.5. The minimum Gasteiger partial charge on any atom is -0.322 e. The molecule has 0 saturated heterocycles. The number of nitrogens with zero attached hydrogens (tertiary/aromatic N) is 1. The van der Waals surface area contributed by atoms with Crippen molar-refractivity contribution in [1.29, 1.82) is 0 Å². The van der Waals surface area contributed by atoms with Crippen molar-refractivity contribution in [2.45, 2.75) is 5.75 Å². The third-order valence-electron chi connectivity index (χ3n) is 3.63. The van der Waals surface area contributed by atoms with Gasteiger partial charge in [0.1, 0.15) is 11.6 Å². The van der Waals surface area contributed by atoms with Crippen molar-refractivity contribution in [3.63, 3.8) is 0 Å². The summed E-state index contributed by atoms with van der Waals surface area (Å²) >= 11 is 1.40. The minimum atomic E-state index is -0.797. The number of thioether (sulfide) groups is 1. The molecule has 0 radical (unpaired) electrons. The van der Waals surface area contributed by atoms with Crippen molar-refractivity contribution in [1.82, 2.24) is 4.98 Å². The van der Waals surface area contributed by atoms with E-state index in [2.05, 4.69) is 10.3 Å². The summed E-state index contributed by atoms with van der Waals surface area (Å²) in [4.78, 5) is 16.2. The van der Waals surface area contributed by atoms with Gasteiger partial charge in [-0.25, -0.2) is 8.78 Å². The van der Waals surface area contributed by atoms with Crippen LogP contribution in [0.15, 0.2) is 67.0 Å². The highest BCUT2D eigenvalue weighted by atomic mass is 32.2. The molecule has 0 saturated carbocycles. The standard InChI is InChI=1S/C20H16F2N2OS/c21-16-9-17(15-6-2-1-3-7-15)20(18(22)10-16)24-19(25)13-26-12-14-5-4-8-23-11-14/h1-11H,12-13H2,(H,24,25). The van der Waals surface area contributed by atoms with Crippen LogP contribution in [-0.2, 0) is 10.5 Å². The number of carbonyl (C=O) groups is 1. The maximum absolute atomic E-state index is 14.3. The number of anilines is 1. The number of amides is 1. The Bertz CT molecular complexity index is 889. The van der Waals surface area contributed by atoms with E-state index < -0.39 is 11.6 Å². The van der Waals surface area contributed by atoms with E-state index in [4.69, 9.17) is 0 Å². The number of aromatic nitrogens is 1. The van der Waals surface area contributed by atoms with Crippen molar-refractivity contribution >= 4 is 23.4 Å². The van der Waals surface area contributed by atoms with Crippen molar-refractivity contribution in [2.75, 3.05) is 11.1 Å². The summed E-state index contributed by atoms with van der Waals surface area (Å²) in [6.07, 6.45) is 3.42. The van der Waals surface area contributed by atoms with E-state index in [1.165, 1.54) is 17.8 Å². The van der Waals surface area contributed by atoms with Crippen LogP contribution in [0.4, 0.5) is 14.5 Å². The van der Waals surface area contributed by atoms with E-state index in [1.54, 1.807) is 36.7 Å². The molecule has 3 nitrogen and oxygen atoms in total. The largest absolute Gasteiger partial charge is 0.322 e. The molecule has 0 aliphatic heterocycles. The lowest BCUT2D eigenvalue weighted by Crippen LogP contribution is -2.16. The Morgan fingerprint density at radius 2 is 1.88 bits per heavy atom. The van der Waals surface area contributed by atoms with Crippen LogP contribution in [0.2, 0.25) is 0 Å². The Kier molecular flexibility index (Phi) is 5.96. The summed E-state index contributed by atoms with van der Waals surface area (Å²) < 4.78 is 27.9. The van der Waals surface area contributed by atoms with Crippen molar-refractivity contribution in [3.8, 4) is 11.1 Å². The molecule has 0 aliphatic carbocycles. The number of nitrogens with one attached hydrogen (secondary N) is 1. The van der Waals surface area contributed by atoms with Gasteiger partial charge in [-0.05, 0) is 23.3 Å². The fourth-order valence-corrected chi connectivity index (χ4v) is 3.23. The maximum Gasteiger partial charge on any atom is 0.234 e. The van der Waals surface area contributed by atoms with Crippen molar-refractivity contribution in [2.24, 2.45) is 0 Å². The van der Waals surface area contributed by atoms with Gasteiger partial charge in [0.05, 0.1) is 11.4 Å². The van der Waals surface area contributed by atoms with Crippen LogP contribution < -0.4 is 5.32 Å². The molecule has 6 heteroatoms. The first kappa shape index (κ1) is 18.1. The molecule has 0 spiro atoms. The number of hydrogen-bond acceptors (Lipinski definition) is 3. The fraction of sp³-hybridized carbons (Fsp3) is 0.100. The molecular formula is C20H16F2N2OS. The predicted molar refractivity (Wildman–Crippen MR) is 101 cm³/mol. The minimum absolute atomic E-state index is 0.00965. The van der Waals surface area contributed by atoms with E-state index >= 15 is 0 Å². The third-order valence-corrected chi connectivity index (χ3v) is 4.63. The molecule has 132 valence electrons. The molecule has 0 fully saturated rings. The second-order valence-electron chi connectivity index (χ2n) is 5.58. The van der Waals surface area contributed by atoms with Crippen LogP contribution in [-0.4, -0.2) is 16.6 Å². The number of pyridine rings is 1. The summed E-state index contributed by atoms with van der Waals surface area (Å²) in [7, 11) is 0. The second-order valence-corrected chi connectivity index (χ2v) is 6.56. The van der Waals surface area contributed by atoms with Gasteiger partial charge in [0.2, 0.25) is 5.91 Å². The predicted octanol–water partition coefficient (Wildman–Crippen LogP) is 4.90. The first-order valence-electron chi connectivity index (χ1n) is 7.94. The van der Waals surface area contributed by atoms with Gasteiger partial charge >= 0.3 is 0 Å². The maximum atomic E-state index is 14.3. The summed E-state index contributed by atoms with van der Waals surface area (Å²) in [5.41, 5.74) is 1.94. The molecule has 0 unspecified atom stereocenters. The lowest BCUT2D eigenvalue weighted by molar-refractivity contribution is -0.113. The lowest BCUT2D eigenvalue weighted by atomic mass is 10.0. The van der Waals surface area contributed by atoms with E-state index in [-0.39, 0.29) is 17.3 Å². The lowest BCUT2D eigenvalue weighted by Gasteiger charge is -2.13. The summed E-state index contributed by atoms with van der Waals surface area (Å²) in [5.74, 6) is -1.06. The Hall–Kier alpha value is -2.73. The molecule has 1 N–H and O–H groups in total. The third kappa shape index (κ3) is 4.67. The molecule has 3 aromatic rings. The number of carbonyl (C=O) groups excluding carboxylic acids is 1. The molecule has 1 amide bonds. The quantitative estimate of drug-likeness (QED) is 0.671. The molecule has 0 aliphatic rings. The topological polar surface area (TPSA) is 42.0 Å². The molecular weight excluding hydrogens is 354 g/mol. The average molecular weight is 370 g/mol. The van der Waals surface area contributed by atoms with Gasteiger partial charge in [-0.15, -0.1) is 11.8 Å². The Balaban J connectivity index is 1.71. The number of rotatable bonds is 6. The fourth-order valence-electron chi connectivity index (χ4n) is 2.47. The summed E-state index contributed by atoms with van der Waals surface area (Å²) in [5, 5.41) is 2.57. The number of hydrogen-bond donors (Lipinski definition) is 1. The van der Waals surface area contributed by atoms with Gasteiger partial charge in [0.25, 0.3) is 0 Å². The Morgan fingerprint density at radius 3 is 2.62 bits per heavy atom. The highest BCUT2D eigenvalue weighted by molar-refractivity contribution is 7.99. The molecule has 1 aromatic heterocycles. The highest BCUT2D eigenvalue weighted by Gasteiger charge is 2.15. The number of halogens is 2. The molecule has 2 aromatic carbocycles. The molecule has 26 heavy (non-hydrogen) atoms. The van der Waals surface area contributed by atoms with Crippen LogP contribution in [0.3, 0.4) is 0 Å².